The molecule has 0 atom stereocenters. The third kappa shape index (κ3) is 5.25. The van der Waals surface area contributed by atoms with E-state index in [-0.39, 0.29) is 27.9 Å². The summed E-state index contributed by atoms with van der Waals surface area (Å²) in [4.78, 5) is 10.1. The monoisotopic (exact) mass is 476 g/mol. The van der Waals surface area contributed by atoms with E-state index in [0.29, 0.717) is 5.56 Å². The lowest BCUT2D eigenvalue weighted by Crippen LogP contribution is -2.15. The molecule has 0 aliphatic heterocycles. The van der Waals surface area contributed by atoms with Gasteiger partial charge in [-0.25, -0.2) is 8.42 Å². The van der Waals surface area contributed by atoms with Gasteiger partial charge < -0.3 is 9.84 Å². The number of non-ortho nitro benzene ring substituents is 1. The average Bonchev–Trinajstić information content (AvgIpc) is 2.75. The van der Waals surface area contributed by atoms with Gasteiger partial charge >= 0.3 is 0 Å². The van der Waals surface area contributed by atoms with Crippen molar-refractivity contribution in [3.8, 4) is 11.5 Å². The summed E-state index contributed by atoms with van der Waals surface area (Å²) < 4.78 is 33.2. The third-order valence-corrected chi connectivity index (χ3v) is 5.92. The molecule has 12 heteroatoms. The summed E-state index contributed by atoms with van der Waals surface area (Å²) >= 11 is 6.02. The lowest BCUT2D eigenvalue weighted by Gasteiger charge is -2.13. The number of methoxy groups -OCH3 is 1. The van der Waals surface area contributed by atoms with Crippen LogP contribution >= 0.6 is 11.6 Å². The lowest BCUT2D eigenvalue weighted by molar-refractivity contribution is -0.385. The molecule has 3 aromatic rings. The Balaban J connectivity index is 1.93. The molecule has 0 unspecified atom stereocenters. The predicted molar refractivity (Wildman–Crippen MR) is 121 cm³/mol. The van der Waals surface area contributed by atoms with Gasteiger partial charge in [0, 0.05) is 12.1 Å². The Hall–Kier alpha value is -3.83. The fraction of sp³-hybridized carbons (Fsp3) is 0.0500. The van der Waals surface area contributed by atoms with Crippen LogP contribution in [0.25, 0.3) is 0 Å². The second-order valence-electron chi connectivity index (χ2n) is 6.32. The van der Waals surface area contributed by atoms with E-state index in [1.165, 1.54) is 43.7 Å². The number of benzene rings is 3. The van der Waals surface area contributed by atoms with Crippen LogP contribution in [0.1, 0.15) is 5.56 Å². The van der Waals surface area contributed by atoms with Crippen molar-refractivity contribution in [3.63, 3.8) is 0 Å². The maximum atomic E-state index is 13.0. The molecule has 3 N–H and O–H groups in total. The zero-order valence-electron chi connectivity index (χ0n) is 16.5. The van der Waals surface area contributed by atoms with Gasteiger partial charge in [-0.1, -0.05) is 23.7 Å². The van der Waals surface area contributed by atoms with Gasteiger partial charge in [-0.15, -0.1) is 0 Å². The van der Waals surface area contributed by atoms with Gasteiger partial charge in [0.05, 0.1) is 34.6 Å². The van der Waals surface area contributed by atoms with Crippen molar-refractivity contribution in [1.29, 1.82) is 0 Å². The highest BCUT2D eigenvalue weighted by molar-refractivity contribution is 7.93. The summed E-state index contributed by atoms with van der Waals surface area (Å²) in [5.74, 6) is 0.184. The minimum absolute atomic E-state index is 0.0101. The second kappa shape index (κ2) is 9.54. The summed E-state index contributed by atoms with van der Waals surface area (Å²) in [6.07, 6.45) is 1.33. The molecule has 0 spiro atoms. The van der Waals surface area contributed by atoms with Crippen LogP contribution in [-0.4, -0.2) is 31.8 Å². The normalized spacial score (nSPS) is 11.3. The Morgan fingerprint density at radius 2 is 1.88 bits per heavy atom. The van der Waals surface area contributed by atoms with Gasteiger partial charge in [-0.3, -0.25) is 20.3 Å². The molecule has 3 rings (SSSR count). The molecule has 0 fully saturated rings. The first-order valence-corrected chi connectivity index (χ1v) is 10.8. The molecular formula is C20H17ClN4O6S. The van der Waals surface area contributed by atoms with Crippen LogP contribution in [0.5, 0.6) is 11.5 Å². The number of ether oxygens (including phenoxy) is 1. The standard InChI is InChI=1S/C20H17ClN4O6S/c1-31-19-9-6-13(10-18(19)26)12-22-23-17-8-7-14(25(27)28)11-20(17)32(29,30)24-16-5-3-2-4-15(16)21/h2-12,23-24,26H,1H3/b22-12+. The van der Waals surface area contributed by atoms with Crippen molar-refractivity contribution in [2.75, 3.05) is 17.3 Å². The van der Waals surface area contributed by atoms with E-state index in [2.05, 4.69) is 15.2 Å². The van der Waals surface area contributed by atoms with Crippen molar-refractivity contribution in [2.24, 2.45) is 5.10 Å². The number of para-hydroxylation sites is 1. The highest BCUT2D eigenvalue weighted by atomic mass is 35.5. The number of hydrogen-bond acceptors (Lipinski definition) is 8. The van der Waals surface area contributed by atoms with Gasteiger partial charge in [-0.2, -0.15) is 5.10 Å². The molecule has 0 aliphatic rings. The Kier molecular flexibility index (Phi) is 6.81. The Morgan fingerprint density at radius 1 is 1.12 bits per heavy atom. The number of aromatic hydroxyl groups is 1. The van der Waals surface area contributed by atoms with Gasteiger partial charge in [-0.05, 0) is 42.0 Å². The first kappa shape index (κ1) is 22.8. The number of nitro benzene ring substituents is 1. The van der Waals surface area contributed by atoms with Crippen LogP contribution in [0.3, 0.4) is 0 Å². The molecule has 0 saturated heterocycles. The number of nitrogens with zero attached hydrogens (tertiary/aromatic N) is 2. The van der Waals surface area contributed by atoms with E-state index >= 15 is 0 Å². The van der Waals surface area contributed by atoms with Crippen LogP contribution < -0.4 is 14.9 Å². The molecule has 166 valence electrons. The molecule has 0 aromatic heterocycles. The highest BCUT2D eigenvalue weighted by Gasteiger charge is 2.23. The van der Waals surface area contributed by atoms with E-state index in [0.717, 1.165) is 12.1 Å². The Labute approximate surface area is 188 Å². The molecule has 32 heavy (non-hydrogen) atoms. The zero-order chi connectivity index (χ0) is 23.3. The van der Waals surface area contributed by atoms with Crippen molar-refractivity contribution < 1.29 is 23.2 Å². The number of hydrazone groups is 1. The quantitative estimate of drug-likeness (QED) is 0.251. The van der Waals surface area contributed by atoms with Crippen molar-refractivity contribution in [3.05, 3.63) is 81.4 Å². The Morgan fingerprint density at radius 3 is 2.53 bits per heavy atom. The summed E-state index contributed by atoms with van der Waals surface area (Å²) in [6, 6.07) is 14.0. The van der Waals surface area contributed by atoms with Crippen molar-refractivity contribution in [1.82, 2.24) is 0 Å². The first-order chi connectivity index (χ1) is 15.2. The third-order valence-electron chi connectivity index (χ3n) is 4.19. The van der Waals surface area contributed by atoms with Gasteiger partial charge in [0.15, 0.2) is 11.5 Å². The largest absolute Gasteiger partial charge is 0.504 e. The summed E-state index contributed by atoms with van der Waals surface area (Å²) in [5.41, 5.74) is 2.75. The maximum Gasteiger partial charge on any atom is 0.270 e. The minimum atomic E-state index is -4.27. The van der Waals surface area contributed by atoms with E-state index < -0.39 is 25.5 Å². The molecule has 0 aliphatic carbocycles. The Bertz CT molecular complexity index is 1300. The summed E-state index contributed by atoms with van der Waals surface area (Å²) in [6.45, 7) is 0. The number of nitrogens with one attached hydrogen (secondary N) is 2. The maximum absolute atomic E-state index is 13.0. The van der Waals surface area contributed by atoms with Crippen molar-refractivity contribution >= 4 is 44.9 Å². The summed E-state index contributed by atoms with van der Waals surface area (Å²) in [5, 5.41) is 25.1. The number of halogens is 1. The highest BCUT2D eigenvalue weighted by Crippen LogP contribution is 2.30. The van der Waals surface area contributed by atoms with Crippen molar-refractivity contribution in [2.45, 2.75) is 4.90 Å². The van der Waals surface area contributed by atoms with Gasteiger partial charge in [0.2, 0.25) is 0 Å². The minimum Gasteiger partial charge on any atom is -0.504 e. The smallest absolute Gasteiger partial charge is 0.270 e. The topological polar surface area (TPSA) is 143 Å². The van der Waals surface area contributed by atoms with Crippen LogP contribution in [0, 0.1) is 10.1 Å². The van der Waals surface area contributed by atoms with E-state index in [1.807, 2.05) is 0 Å². The SMILES string of the molecule is COc1ccc(/C=N/Nc2ccc([N+](=O)[O-])cc2S(=O)(=O)Nc2ccccc2Cl)cc1O. The van der Waals surface area contributed by atoms with Crippen LogP contribution in [0.15, 0.2) is 70.7 Å². The van der Waals surface area contributed by atoms with E-state index in [1.54, 1.807) is 18.2 Å². The van der Waals surface area contributed by atoms with Crippen LogP contribution in [0.2, 0.25) is 5.02 Å². The molecule has 0 amide bonds. The predicted octanol–water partition coefficient (Wildman–Crippen LogP) is 4.21. The second-order valence-corrected chi connectivity index (χ2v) is 8.38. The molecule has 0 heterocycles. The van der Waals surface area contributed by atoms with Crippen LogP contribution in [-0.2, 0) is 10.0 Å². The number of phenols is 1. The zero-order valence-corrected chi connectivity index (χ0v) is 18.1. The first-order valence-electron chi connectivity index (χ1n) is 8.93. The number of rotatable bonds is 8. The number of hydrogen-bond donors (Lipinski definition) is 3. The number of nitro groups is 1. The molecule has 0 radical (unpaired) electrons. The van der Waals surface area contributed by atoms with Gasteiger partial charge in [0.1, 0.15) is 4.90 Å². The van der Waals surface area contributed by atoms with E-state index in [4.69, 9.17) is 16.3 Å². The molecular weight excluding hydrogens is 460 g/mol. The average molecular weight is 477 g/mol. The fourth-order valence-electron chi connectivity index (χ4n) is 2.65. The molecule has 3 aromatic carbocycles. The molecule has 0 saturated carbocycles. The summed E-state index contributed by atoms with van der Waals surface area (Å²) in [7, 11) is -2.85. The number of phenolic OH excluding ortho intramolecular Hbond substituents is 1. The fourth-order valence-corrected chi connectivity index (χ4v) is 4.14. The lowest BCUT2D eigenvalue weighted by atomic mass is 10.2. The van der Waals surface area contributed by atoms with Crippen LogP contribution in [0.4, 0.5) is 17.1 Å². The number of sulfonamides is 1. The number of anilines is 2. The van der Waals surface area contributed by atoms with E-state index in [9.17, 15) is 23.6 Å². The molecule has 10 nitrogen and oxygen atoms in total. The molecule has 0 bridgehead atoms. The van der Waals surface area contributed by atoms with Gasteiger partial charge in [0.25, 0.3) is 15.7 Å².